The molecule has 0 aromatic rings. The van der Waals surface area contributed by atoms with E-state index in [2.05, 4.69) is 82.4 Å². The summed E-state index contributed by atoms with van der Waals surface area (Å²) in [7, 11) is 0. The van der Waals surface area contributed by atoms with Gasteiger partial charge in [0, 0.05) is 0 Å². The van der Waals surface area contributed by atoms with Gasteiger partial charge < -0.3 is 0 Å². The summed E-state index contributed by atoms with van der Waals surface area (Å²) in [4.78, 5) is 0. The molecule has 1 atom stereocenters. The zero-order valence-corrected chi connectivity index (χ0v) is 15.5. The van der Waals surface area contributed by atoms with Crippen LogP contribution in [0.2, 0.25) is 0 Å². The molecular formula is C23H34. The Morgan fingerprint density at radius 3 is 2.78 bits per heavy atom. The van der Waals surface area contributed by atoms with Gasteiger partial charge in [-0.25, -0.2) is 0 Å². The van der Waals surface area contributed by atoms with Gasteiger partial charge in [0.1, 0.15) is 0 Å². The average molecular weight is 311 g/mol. The normalized spacial score (nSPS) is 20.3. The van der Waals surface area contributed by atoms with E-state index in [0.29, 0.717) is 0 Å². The molecule has 0 saturated heterocycles. The first kappa shape index (κ1) is 19.5. The highest BCUT2D eigenvalue weighted by Gasteiger charge is 2.05. The van der Waals surface area contributed by atoms with Crippen molar-refractivity contribution in [2.24, 2.45) is 5.92 Å². The van der Waals surface area contributed by atoms with Crippen LogP contribution in [0.15, 0.2) is 71.4 Å². The molecule has 0 radical (unpaired) electrons. The Bertz CT molecular complexity index is 506. The number of rotatable bonds is 7. The molecule has 0 heterocycles. The first-order valence-corrected chi connectivity index (χ1v) is 9.19. The smallest absolute Gasteiger partial charge is 0.00672 e. The quantitative estimate of drug-likeness (QED) is 0.427. The van der Waals surface area contributed by atoms with Gasteiger partial charge in [-0.2, -0.15) is 0 Å². The van der Waals surface area contributed by atoms with Crippen LogP contribution in [0, 0.1) is 5.92 Å². The summed E-state index contributed by atoms with van der Waals surface area (Å²) in [6.45, 7) is 9.01. The predicted octanol–water partition coefficient (Wildman–Crippen LogP) is 7.48. The molecule has 0 N–H and O–H groups in total. The van der Waals surface area contributed by atoms with Crippen LogP contribution in [0.25, 0.3) is 0 Å². The number of allylic oxidation sites excluding steroid dienone is 12. The van der Waals surface area contributed by atoms with Crippen molar-refractivity contribution in [1.82, 2.24) is 0 Å². The largest absolute Gasteiger partial charge is 0.0848 e. The number of hydrogen-bond donors (Lipinski definition) is 0. The van der Waals surface area contributed by atoms with E-state index in [1.165, 1.54) is 42.4 Å². The minimum absolute atomic E-state index is 0.735. The Kier molecular flexibility index (Phi) is 10.1. The highest BCUT2D eigenvalue weighted by molar-refractivity contribution is 5.31. The van der Waals surface area contributed by atoms with E-state index in [1.54, 1.807) is 0 Å². The summed E-state index contributed by atoms with van der Waals surface area (Å²) >= 11 is 0. The lowest BCUT2D eigenvalue weighted by atomic mass is 9.96. The van der Waals surface area contributed by atoms with Crippen LogP contribution in [0.1, 0.15) is 66.2 Å². The van der Waals surface area contributed by atoms with Gasteiger partial charge in [-0.05, 0) is 50.5 Å². The van der Waals surface area contributed by atoms with E-state index in [4.69, 9.17) is 0 Å². The Morgan fingerprint density at radius 2 is 2.04 bits per heavy atom. The van der Waals surface area contributed by atoms with Crippen molar-refractivity contribution >= 4 is 0 Å². The monoisotopic (exact) mass is 310 g/mol. The summed E-state index contributed by atoms with van der Waals surface area (Å²) in [5, 5.41) is 0. The maximum Gasteiger partial charge on any atom is -0.00672 e. The van der Waals surface area contributed by atoms with Gasteiger partial charge in [0.15, 0.2) is 0 Å². The Labute approximate surface area is 144 Å². The molecule has 0 heteroatoms. The second-order valence-electron chi connectivity index (χ2n) is 6.67. The van der Waals surface area contributed by atoms with Crippen LogP contribution < -0.4 is 0 Å². The van der Waals surface area contributed by atoms with Crippen molar-refractivity contribution in [2.45, 2.75) is 66.2 Å². The number of hydrogen-bond acceptors (Lipinski definition) is 0. The van der Waals surface area contributed by atoms with Crippen molar-refractivity contribution < 1.29 is 0 Å². The highest BCUT2D eigenvalue weighted by Crippen LogP contribution is 2.23. The Balaban J connectivity index is 2.80. The molecule has 23 heavy (non-hydrogen) atoms. The molecule has 0 spiro atoms. The minimum atomic E-state index is 0.735. The van der Waals surface area contributed by atoms with Crippen molar-refractivity contribution in [1.29, 1.82) is 0 Å². The fourth-order valence-electron chi connectivity index (χ4n) is 2.87. The molecule has 0 aromatic heterocycles. The summed E-state index contributed by atoms with van der Waals surface area (Å²) in [5.74, 6) is 0.735. The highest BCUT2D eigenvalue weighted by atomic mass is 14.1. The van der Waals surface area contributed by atoms with E-state index in [1.807, 2.05) is 0 Å². The first-order valence-electron chi connectivity index (χ1n) is 9.19. The zero-order chi connectivity index (χ0) is 16.9. The molecule has 0 aliphatic heterocycles. The summed E-state index contributed by atoms with van der Waals surface area (Å²) in [6, 6.07) is 0. The second-order valence-corrected chi connectivity index (χ2v) is 6.67. The van der Waals surface area contributed by atoms with Crippen LogP contribution in [0.4, 0.5) is 0 Å². The van der Waals surface area contributed by atoms with Crippen molar-refractivity contribution in [3.8, 4) is 0 Å². The Hall–Kier alpha value is -1.56. The molecule has 0 aromatic carbocycles. The van der Waals surface area contributed by atoms with Gasteiger partial charge in [0.05, 0.1) is 0 Å². The molecular weight excluding hydrogens is 276 g/mol. The third-order valence-electron chi connectivity index (χ3n) is 4.07. The van der Waals surface area contributed by atoms with Gasteiger partial charge in [-0.3, -0.25) is 0 Å². The third kappa shape index (κ3) is 9.23. The lowest BCUT2D eigenvalue weighted by molar-refractivity contribution is 0.585. The molecule has 0 saturated carbocycles. The van der Waals surface area contributed by atoms with Crippen LogP contribution in [0.5, 0.6) is 0 Å². The molecule has 1 aliphatic rings. The summed E-state index contributed by atoms with van der Waals surface area (Å²) in [6.07, 6.45) is 27.1. The molecule has 0 amide bonds. The maximum absolute atomic E-state index is 2.44. The van der Waals surface area contributed by atoms with Gasteiger partial charge in [-0.1, -0.05) is 93.0 Å². The molecule has 0 fully saturated rings. The third-order valence-corrected chi connectivity index (χ3v) is 4.07. The summed E-state index contributed by atoms with van der Waals surface area (Å²) < 4.78 is 0. The average Bonchev–Trinajstić information content (AvgIpc) is 2.58. The van der Waals surface area contributed by atoms with Crippen molar-refractivity contribution in [3.05, 3.63) is 71.4 Å². The molecule has 0 bridgehead atoms. The van der Waals surface area contributed by atoms with Crippen LogP contribution in [-0.2, 0) is 0 Å². The minimum Gasteiger partial charge on any atom is -0.0848 e. The standard InChI is InChI=1S/C23H34/c1-5-7-8-9-10-14-22(12-6-2)19-23-15-11-13-20(3)18-21(4)16-17-23/h7-11,13-15,17,21H,5-6,12,16,18-19H2,1-4H3. The van der Waals surface area contributed by atoms with E-state index < -0.39 is 0 Å². The molecule has 126 valence electrons. The van der Waals surface area contributed by atoms with Crippen LogP contribution in [-0.4, -0.2) is 0 Å². The van der Waals surface area contributed by atoms with Gasteiger partial charge in [0.25, 0.3) is 0 Å². The van der Waals surface area contributed by atoms with Gasteiger partial charge in [0.2, 0.25) is 0 Å². The molecule has 0 nitrogen and oxygen atoms in total. The van der Waals surface area contributed by atoms with Gasteiger partial charge >= 0.3 is 0 Å². The fraction of sp³-hybridized carbons (Fsp3) is 0.478. The molecule has 1 aliphatic carbocycles. The van der Waals surface area contributed by atoms with Crippen molar-refractivity contribution in [3.63, 3.8) is 0 Å². The fourth-order valence-corrected chi connectivity index (χ4v) is 2.87. The van der Waals surface area contributed by atoms with Crippen LogP contribution in [0.3, 0.4) is 0 Å². The van der Waals surface area contributed by atoms with Crippen LogP contribution >= 0.6 is 0 Å². The Morgan fingerprint density at radius 1 is 1.22 bits per heavy atom. The van der Waals surface area contributed by atoms with E-state index in [0.717, 1.165) is 18.8 Å². The topological polar surface area (TPSA) is 0 Å². The van der Waals surface area contributed by atoms with E-state index in [9.17, 15) is 0 Å². The lowest BCUT2D eigenvalue weighted by Gasteiger charge is -2.10. The summed E-state index contributed by atoms with van der Waals surface area (Å²) in [5.41, 5.74) is 4.47. The molecule has 1 unspecified atom stereocenters. The predicted molar refractivity (Wildman–Crippen MR) is 106 cm³/mol. The van der Waals surface area contributed by atoms with E-state index in [-0.39, 0.29) is 0 Å². The molecule has 1 rings (SSSR count). The van der Waals surface area contributed by atoms with Gasteiger partial charge in [-0.15, -0.1) is 0 Å². The van der Waals surface area contributed by atoms with E-state index >= 15 is 0 Å². The zero-order valence-electron chi connectivity index (χ0n) is 15.5. The van der Waals surface area contributed by atoms with Crippen molar-refractivity contribution in [2.75, 3.05) is 0 Å². The SMILES string of the molecule is CCC=CC=CC=C(CCC)CC1=CCC(C)CC(C)=CC=C1. The first-order chi connectivity index (χ1) is 11.2. The lowest BCUT2D eigenvalue weighted by Crippen LogP contribution is -1.94. The second kappa shape index (κ2) is 11.9. The maximum atomic E-state index is 2.44.